The number of hydrogen-bond acceptors (Lipinski definition) is 5. The van der Waals surface area contributed by atoms with Gasteiger partial charge >= 0.3 is 5.97 Å². The van der Waals surface area contributed by atoms with Crippen LogP contribution in [-0.2, 0) is 21.0 Å². The average Bonchev–Trinajstić information content (AvgIpc) is 2.96. The zero-order valence-corrected chi connectivity index (χ0v) is 14.9. The zero-order valence-electron chi connectivity index (χ0n) is 13.3. The summed E-state index contributed by atoms with van der Waals surface area (Å²) in [6, 6.07) is 13.3. The van der Waals surface area contributed by atoms with Crippen LogP contribution in [0.2, 0.25) is 5.02 Å². The number of thiophene rings is 1. The van der Waals surface area contributed by atoms with E-state index in [4.69, 9.17) is 21.2 Å². The van der Waals surface area contributed by atoms with Gasteiger partial charge in [0, 0.05) is 10.1 Å². The molecule has 0 unspecified atom stereocenters. The fourth-order valence-electron chi connectivity index (χ4n) is 2.17. The summed E-state index contributed by atoms with van der Waals surface area (Å²) in [6.45, 7) is -0.333. The Bertz CT molecular complexity index is 945. The normalized spacial score (nSPS) is 10.7. The first kappa shape index (κ1) is 18.3. The molecule has 0 atom stereocenters. The number of benzene rings is 2. The lowest BCUT2D eigenvalue weighted by Gasteiger charge is -2.06. The molecule has 1 amide bonds. The van der Waals surface area contributed by atoms with Gasteiger partial charge in [0.15, 0.2) is 6.61 Å². The number of esters is 1. The van der Waals surface area contributed by atoms with Gasteiger partial charge in [0.05, 0.1) is 11.6 Å². The highest BCUT2D eigenvalue weighted by Gasteiger charge is 2.19. The summed E-state index contributed by atoms with van der Waals surface area (Å²) in [4.78, 5) is 29.0. The molecule has 0 saturated carbocycles. The Morgan fingerprint density at radius 3 is 2.69 bits per heavy atom. The van der Waals surface area contributed by atoms with E-state index in [1.807, 2.05) is 30.3 Å². The van der Waals surface area contributed by atoms with Crippen LogP contribution < -0.4 is 5.48 Å². The molecule has 134 valence electrons. The third-order valence-electron chi connectivity index (χ3n) is 3.38. The maximum atomic E-state index is 13.3. The van der Waals surface area contributed by atoms with Crippen molar-refractivity contribution >= 4 is 44.9 Å². The van der Waals surface area contributed by atoms with E-state index in [-0.39, 0.29) is 16.5 Å². The van der Waals surface area contributed by atoms with E-state index >= 15 is 0 Å². The van der Waals surface area contributed by atoms with Gasteiger partial charge < -0.3 is 4.74 Å². The van der Waals surface area contributed by atoms with E-state index in [9.17, 15) is 14.0 Å². The molecule has 0 aliphatic heterocycles. The van der Waals surface area contributed by atoms with Crippen molar-refractivity contribution in [2.75, 3.05) is 6.61 Å². The van der Waals surface area contributed by atoms with Crippen LogP contribution in [0.4, 0.5) is 4.39 Å². The van der Waals surface area contributed by atoms with Gasteiger partial charge in [0.2, 0.25) is 0 Å². The lowest BCUT2D eigenvalue weighted by atomic mass is 10.2. The number of ether oxygens (including phenoxy) is 1. The smallest absolute Gasteiger partial charge is 0.350 e. The van der Waals surface area contributed by atoms with Crippen LogP contribution in [0, 0.1) is 5.82 Å². The Morgan fingerprint density at radius 1 is 1.15 bits per heavy atom. The van der Waals surface area contributed by atoms with E-state index in [0.717, 1.165) is 16.9 Å². The van der Waals surface area contributed by atoms with Crippen LogP contribution in [0.15, 0.2) is 48.5 Å². The van der Waals surface area contributed by atoms with Crippen LogP contribution in [0.5, 0.6) is 0 Å². The number of hydrogen-bond donors (Lipinski definition) is 1. The molecule has 5 nitrogen and oxygen atoms in total. The second-order valence-electron chi connectivity index (χ2n) is 5.26. The lowest BCUT2D eigenvalue weighted by Crippen LogP contribution is -2.28. The Balaban J connectivity index is 1.52. The molecular weight excluding hydrogens is 381 g/mol. The van der Waals surface area contributed by atoms with Crippen molar-refractivity contribution in [3.05, 3.63) is 69.8 Å². The minimum Gasteiger partial charge on any atom is -0.451 e. The summed E-state index contributed by atoms with van der Waals surface area (Å²) in [6.07, 6.45) is 0. The fourth-order valence-corrected chi connectivity index (χ4v) is 3.60. The predicted octanol–water partition coefficient (Wildman–Crippen LogP) is 4.10. The Labute approximate surface area is 157 Å². The molecule has 3 aromatic rings. The zero-order chi connectivity index (χ0) is 18.5. The molecule has 0 spiro atoms. The molecule has 0 aliphatic carbocycles. The standard InChI is InChI=1S/C18H13ClFNO4S/c19-16-13-7-6-12(20)8-14(13)26-17(16)18(23)24-10-15(22)21-25-9-11-4-2-1-3-5-11/h1-8H,9-10H2,(H,21,22). The van der Waals surface area contributed by atoms with Crippen molar-refractivity contribution < 1.29 is 23.6 Å². The summed E-state index contributed by atoms with van der Waals surface area (Å²) in [5, 5.41) is 0.733. The maximum absolute atomic E-state index is 13.3. The number of fused-ring (bicyclic) bond motifs is 1. The van der Waals surface area contributed by atoms with Crippen molar-refractivity contribution in [2.45, 2.75) is 6.61 Å². The Hall–Kier alpha value is -2.48. The van der Waals surface area contributed by atoms with Gasteiger partial charge in [0.1, 0.15) is 10.7 Å². The average molecular weight is 394 g/mol. The molecule has 0 fully saturated rings. The van der Waals surface area contributed by atoms with Crippen molar-refractivity contribution in [3.63, 3.8) is 0 Å². The number of nitrogens with one attached hydrogen (secondary N) is 1. The van der Waals surface area contributed by atoms with Gasteiger partial charge in [-0.1, -0.05) is 41.9 Å². The van der Waals surface area contributed by atoms with Gasteiger partial charge in [-0.2, -0.15) is 0 Å². The topological polar surface area (TPSA) is 64.6 Å². The number of halogens is 2. The number of carbonyl (C=O) groups excluding carboxylic acids is 2. The molecule has 0 saturated heterocycles. The summed E-state index contributed by atoms with van der Waals surface area (Å²) in [5.41, 5.74) is 3.07. The van der Waals surface area contributed by atoms with E-state index in [2.05, 4.69) is 5.48 Å². The number of amides is 1. The lowest BCUT2D eigenvalue weighted by molar-refractivity contribution is -0.137. The van der Waals surface area contributed by atoms with Crippen LogP contribution >= 0.6 is 22.9 Å². The monoisotopic (exact) mass is 393 g/mol. The largest absolute Gasteiger partial charge is 0.451 e. The second-order valence-corrected chi connectivity index (χ2v) is 6.69. The van der Waals surface area contributed by atoms with E-state index in [1.54, 1.807) is 0 Å². The van der Waals surface area contributed by atoms with Crippen LogP contribution in [0.1, 0.15) is 15.2 Å². The van der Waals surface area contributed by atoms with Gasteiger partial charge in [-0.25, -0.2) is 14.7 Å². The van der Waals surface area contributed by atoms with Crippen molar-refractivity contribution in [3.8, 4) is 0 Å². The molecule has 0 bridgehead atoms. The molecule has 1 aromatic heterocycles. The van der Waals surface area contributed by atoms with Gasteiger partial charge in [0.25, 0.3) is 5.91 Å². The molecule has 26 heavy (non-hydrogen) atoms. The molecule has 0 radical (unpaired) electrons. The first-order valence-corrected chi connectivity index (χ1v) is 8.73. The molecule has 0 aliphatic rings. The summed E-state index contributed by atoms with van der Waals surface area (Å²) >= 11 is 7.14. The van der Waals surface area contributed by atoms with Crippen molar-refractivity contribution in [1.82, 2.24) is 5.48 Å². The van der Waals surface area contributed by atoms with E-state index in [0.29, 0.717) is 10.1 Å². The predicted molar refractivity (Wildman–Crippen MR) is 96.4 cm³/mol. The molecule has 1 N–H and O–H groups in total. The SMILES string of the molecule is O=C(COC(=O)c1sc2cc(F)ccc2c1Cl)NOCc1ccccc1. The second kappa shape index (κ2) is 8.27. The first-order chi connectivity index (χ1) is 12.5. The van der Waals surface area contributed by atoms with Gasteiger partial charge in [-0.3, -0.25) is 9.63 Å². The maximum Gasteiger partial charge on any atom is 0.350 e. The molecular formula is C18H13ClFNO4S. The van der Waals surface area contributed by atoms with Crippen LogP contribution in [0.3, 0.4) is 0 Å². The number of rotatable bonds is 6. The number of hydroxylamine groups is 1. The molecule has 8 heteroatoms. The summed E-state index contributed by atoms with van der Waals surface area (Å²) < 4.78 is 18.7. The van der Waals surface area contributed by atoms with Crippen molar-refractivity contribution in [2.24, 2.45) is 0 Å². The quantitative estimate of drug-likeness (QED) is 0.506. The highest BCUT2D eigenvalue weighted by Crippen LogP contribution is 2.36. The van der Waals surface area contributed by atoms with Gasteiger partial charge in [-0.15, -0.1) is 11.3 Å². The molecule has 2 aromatic carbocycles. The minimum atomic E-state index is -0.755. The van der Waals surface area contributed by atoms with Gasteiger partial charge in [-0.05, 0) is 23.8 Å². The highest BCUT2D eigenvalue weighted by molar-refractivity contribution is 7.21. The highest BCUT2D eigenvalue weighted by atomic mass is 35.5. The minimum absolute atomic E-state index is 0.116. The van der Waals surface area contributed by atoms with Crippen LogP contribution in [0.25, 0.3) is 10.1 Å². The van der Waals surface area contributed by atoms with E-state index in [1.165, 1.54) is 18.2 Å². The fraction of sp³-hybridized carbons (Fsp3) is 0.111. The third kappa shape index (κ3) is 4.37. The Morgan fingerprint density at radius 2 is 1.92 bits per heavy atom. The summed E-state index contributed by atoms with van der Waals surface area (Å²) in [5.74, 6) is -1.79. The third-order valence-corrected chi connectivity index (χ3v) is 5.02. The first-order valence-electron chi connectivity index (χ1n) is 7.54. The molecule has 1 heterocycles. The Kier molecular flexibility index (Phi) is 5.82. The summed E-state index contributed by atoms with van der Waals surface area (Å²) in [7, 11) is 0. The number of carbonyl (C=O) groups is 2. The van der Waals surface area contributed by atoms with Crippen LogP contribution in [-0.4, -0.2) is 18.5 Å². The molecule has 3 rings (SSSR count). The van der Waals surface area contributed by atoms with E-state index < -0.39 is 24.3 Å². The van der Waals surface area contributed by atoms with Crippen molar-refractivity contribution in [1.29, 1.82) is 0 Å².